The summed E-state index contributed by atoms with van der Waals surface area (Å²) in [5.41, 5.74) is 0.0800. The van der Waals surface area contributed by atoms with E-state index in [2.05, 4.69) is 4.98 Å². The second-order valence-corrected chi connectivity index (χ2v) is 6.53. The molecule has 0 aromatic carbocycles. The summed E-state index contributed by atoms with van der Waals surface area (Å²) < 4.78 is 5.00. The van der Waals surface area contributed by atoms with Gasteiger partial charge in [0.2, 0.25) is 0 Å². The van der Waals surface area contributed by atoms with Crippen molar-refractivity contribution in [2.75, 3.05) is 6.61 Å². The van der Waals surface area contributed by atoms with Crippen molar-refractivity contribution in [3.63, 3.8) is 0 Å². The number of hydrogen-bond donors (Lipinski definition) is 2. The van der Waals surface area contributed by atoms with E-state index in [0.717, 1.165) is 0 Å². The van der Waals surface area contributed by atoms with Crippen molar-refractivity contribution in [1.29, 1.82) is 5.41 Å². The normalized spacial score (nSPS) is 27.2. The molecular formula is C17H17N4NaO5. The first-order valence-corrected chi connectivity index (χ1v) is 7.96. The summed E-state index contributed by atoms with van der Waals surface area (Å²) >= 11 is 0. The first-order chi connectivity index (χ1) is 12.4. The maximum absolute atomic E-state index is 12.5. The van der Waals surface area contributed by atoms with Gasteiger partial charge in [0, 0.05) is 17.2 Å². The molecule has 3 heterocycles. The largest absolute Gasteiger partial charge is 1.00 e. The summed E-state index contributed by atoms with van der Waals surface area (Å²) in [6.45, 7) is 1.41. The number of hydrogen-bond acceptors (Lipinski definition) is 7. The Morgan fingerprint density at radius 2 is 2.26 bits per heavy atom. The SMILES string of the molecule is C[C@@]1(COC(=O)NC=N)CC2/C(=C\c3ccccn3)C(=O)N2[C@H]1C(=O)[O-].[Na+]. The zero-order valence-corrected chi connectivity index (χ0v) is 17.0. The standard InChI is InChI=1S/C17H18N4O5.Na/c1-17(8-26-16(25)20-9-18)7-12-11(6-10-4-2-3-5-19-10)14(22)21(12)13(17)15(23)24;/h2-6,9,12-13H,7-8H2,1H3,(H,23,24)(H2,18,20,25);/q;+1/p-1/b11-6+;/t12?,13-,17-;/m0./s1. The molecule has 2 amide bonds. The summed E-state index contributed by atoms with van der Waals surface area (Å²) in [6.07, 6.45) is 3.37. The number of amides is 2. The van der Waals surface area contributed by atoms with Gasteiger partial charge in [0.15, 0.2) is 0 Å². The van der Waals surface area contributed by atoms with E-state index in [9.17, 15) is 19.5 Å². The van der Waals surface area contributed by atoms with Gasteiger partial charge in [-0.3, -0.25) is 20.5 Å². The Morgan fingerprint density at radius 1 is 1.52 bits per heavy atom. The van der Waals surface area contributed by atoms with Crippen LogP contribution < -0.4 is 40.0 Å². The predicted octanol–water partition coefficient (Wildman–Crippen LogP) is -3.46. The number of rotatable bonds is 5. The second-order valence-electron chi connectivity index (χ2n) is 6.53. The Labute approximate surface area is 177 Å². The molecule has 9 nitrogen and oxygen atoms in total. The summed E-state index contributed by atoms with van der Waals surface area (Å²) in [6, 6.07) is 3.70. The first kappa shape index (κ1) is 21.1. The van der Waals surface area contributed by atoms with Gasteiger partial charge in [-0.25, -0.2) is 4.79 Å². The molecule has 1 aromatic rings. The number of alkyl carbamates (subject to hydrolysis) is 1. The fourth-order valence-electron chi connectivity index (χ4n) is 3.56. The topological polar surface area (TPSA) is 136 Å². The number of pyridine rings is 1. The van der Waals surface area contributed by atoms with Crippen LogP contribution in [0.1, 0.15) is 19.0 Å². The summed E-state index contributed by atoms with van der Waals surface area (Å²) in [5.74, 6) is -1.78. The molecule has 27 heavy (non-hydrogen) atoms. The van der Waals surface area contributed by atoms with Crippen LogP contribution in [0.3, 0.4) is 0 Å². The molecule has 0 aliphatic carbocycles. The molecule has 2 saturated heterocycles. The van der Waals surface area contributed by atoms with E-state index in [4.69, 9.17) is 10.1 Å². The zero-order valence-electron chi connectivity index (χ0n) is 15.0. The molecule has 2 fully saturated rings. The third kappa shape index (κ3) is 3.90. The van der Waals surface area contributed by atoms with Crippen molar-refractivity contribution in [3.05, 3.63) is 35.7 Å². The summed E-state index contributed by atoms with van der Waals surface area (Å²) in [5, 5.41) is 20.5. The van der Waals surface area contributed by atoms with Crippen LogP contribution in [0.15, 0.2) is 30.0 Å². The number of nitrogens with one attached hydrogen (secondary N) is 2. The molecule has 2 aliphatic rings. The van der Waals surface area contributed by atoms with Gasteiger partial charge >= 0.3 is 35.7 Å². The number of aromatic nitrogens is 1. The maximum atomic E-state index is 12.5. The maximum Gasteiger partial charge on any atom is 1.00 e. The smallest absolute Gasteiger partial charge is 0.548 e. The Bertz CT molecular complexity index is 800. The number of carbonyl (C=O) groups is 3. The Morgan fingerprint density at radius 3 is 2.85 bits per heavy atom. The number of ether oxygens (including phenoxy) is 1. The zero-order chi connectivity index (χ0) is 18.9. The van der Waals surface area contributed by atoms with Crippen LogP contribution in [0.2, 0.25) is 0 Å². The minimum Gasteiger partial charge on any atom is -0.548 e. The minimum absolute atomic E-state index is 0. The number of carbonyl (C=O) groups excluding carboxylic acids is 3. The van der Waals surface area contributed by atoms with Gasteiger partial charge < -0.3 is 19.5 Å². The molecule has 2 aliphatic heterocycles. The number of carboxylic acid groups (broad SMARTS) is 1. The molecule has 0 radical (unpaired) electrons. The minimum atomic E-state index is -1.39. The quantitative estimate of drug-likeness (QED) is 0.179. The first-order valence-electron chi connectivity index (χ1n) is 7.96. The number of carboxylic acids is 1. The van der Waals surface area contributed by atoms with Gasteiger partial charge in [0.25, 0.3) is 5.91 Å². The van der Waals surface area contributed by atoms with Crippen LogP contribution in [0, 0.1) is 10.8 Å². The van der Waals surface area contributed by atoms with Crippen molar-refractivity contribution in [3.8, 4) is 0 Å². The van der Waals surface area contributed by atoms with Crippen molar-refractivity contribution < 1.29 is 53.8 Å². The molecule has 1 unspecified atom stereocenters. The molecule has 0 saturated carbocycles. The molecule has 3 rings (SSSR count). The van der Waals surface area contributed by atoms with Crippen molar-refractivity contribution in [2.24, 2.45) is 5.41 Å². The van der Waals surface area contributed by atoms with Crippen molar-refractivity contribution in [1.82, 2.24) is 15.2 Å². The second kappa shape index (κ2) is 8.20. The molecule has 3 atom stereocenters. The molecule has 2 N–H and O–H groups in total. The third-order valence-corrected chi connectivity index (χ3v) is 4.71. The van der Waals surface area contributed by atoms with Gasteiger partial charge in [-0.15, -0.1) is 0 Å². The van der Waals surface area contributed by atoms with E-state index in [1.54, 1.807) is 37.4 Å². The van der Waals surface area contributed by atoms with Gasteiger partial charge in [-0.2, -0.15) is 0 Å². The van der Waals surface area contributed by atoms with Crippen molar-refractivity contribution in [2.45, 2.75) is 25.4 Å². The van der Waals surface area contributed by atoms with E-state index in [0.29, 0.717) is 24.0 Å². The average Bonchev–Trinajstić information content (AvgIpc) is 2.90. The van der Waals surface area contributed by atoms with Gasteiger partial charge in [-0.1, -0.05) is 13.0 Å². The van der Waals surface area contributed by atoms with Gasteiger partial charge in [0.1, 0.15) is 6.61 Å². The van der Waals surface area contributed by atoms with Gasteiger partial charge in [-0.05, 0) is 24.6 Å². The monoisotopic (exact) mass is 380 g/mol. The van der Waals surface area contributed by atoms with Crippen LogP contribution in [-0.4, -0.2) is 52.9 Å². The van der Waals surface area contributed by atoms with E-state index < -0.39 is 29.6 Å². The molecule has 0 bridgehead atoms. The summed E-state index contributed by atoms with van der Waals surface area (Å²) in [7, 11) is 0. The number of nitrogens with zero attached hydrogens (tertiary/aromatic N) is 2. The average molecular weight is 380 g/mol. The Balaban J connectivity index is 0.00000261. The van der Waals surface area contributed by atoms with E-state index in [1.165, 1.54) is 4.90 Å². The Hall–Kier alpha value is -2.23. The van der Waals surface area contributed by atoms with Crippen LogP contribution in [0.25, 0.3) is 6.08 Å². The third-order valence-electron chi connectivity index (χ3n) is 4.71. The Kier molecular flexibility index (Phi) is 6.40. The number of aliphatic carboxylic acids is 1. The predicted molar refractivity (Wildman–Crippen MR) is 87.6 cm³/mol. The molecular weight excluding hydrogens is 363 g/mol. The van der Waals surface area contributed by atoms with E-state index in [1.807, 2.05) is 5.32 Å². The van der Waals surface area contributed by atoms with Crippen LogP contribution in [-0.2, 0) is 14.3 Å². The van der Waals surface area contributed by atoms with Crippen LogP contribution >= 0.6 is 0 Å². The van der Waals surface area contributed by atoms with Crippen molar-refractivity contribution >= 4 is 30.4 Å². The summed E-state index contributed by atoms with van der Waals surface area (Å²) in [4.78, 5) is 41.0. The fraction of sp³-hybridized carbons (Fsp3) is 0.353. The molecule has 0 spiro atoms. The van der Waals surface area contributed by atoms with Gasteiger partial charge in [0.05, 0.1) is 30.1 Å². The van der Waals surface area contributed by atoms with E-state index in [-0.39, 0.29) is 42.1 Å². The van der Waals surface area contributed by atoms with Crippen LogP contribution in [0.4, 0.5) is 4.79 Å². The molecule has 1 aromatic heterocycles. The fourth-order valence-corrected chi connectivity index (χ4v) is 3.56. The number of fused-ring (bicyclic) bond motifs is 1. The molecule has 136 valence electrons. The molecule has 10 heteroatoms. The van der Waals surface area contributed by atoms with Crippen LogP contribution in [0.5, 0.6) is 0 Å². The van der Waals surface area contributed by atoms with E-state index >= 15 is 0 Å². The number of β-lactam (4-membered cyclic amide) rings is 1.